The number of furan rings is 1. The Bertz CT molecular complexity index is 635. The van der Waals surface area contributed by atoms with Crippen molar-refractivity contribution in [1.29, 1.82) is 0 Å². The fraction of sp³-hybridized carbons (Fsp3) is 0.400. The number of hydrogen-bond donors (Lipinski definition) is 1. The Morgan fingerprint density at radius 2 is 2.14 bits per heavy atom. The van der Waals surface area contributed by atoms with Crippen LogP contribution < -0.4 is 5.32 Å². The molecule has 0 atom stereocenters. The summed E-state index contributed by atoms with van der Waals surface area (Å²) in [6.07, 6.45) is 0. The van der Waals surface area contributed by atoms with E-state index in [2.05, 4.69) is 26.1 Å². The first kappa shape index (κ1) is 14.6. The Labute approximate surface area is 131 Å². The van der Waals surface area contributed by atoms with Gasteiger partial charge in [0.1, 0.15) is 5.58 Å². The molecule has 21 heavy (non-hydrogen) atoms. The third-order valence-electron chi connectivity index (χ3n) is 3.55. The van der Waals surface area contributed by atoms with Crippen LogP contribution in [-0.2, 0) is 4.74 Å². The van der Waals surface area contributed by atoms with Gasteiger partial charge in [-0.15, -0.1) is 0 Å². The number of morpholine rings is 1. The number of benzene rings is 1. The molecule has 5 nitrogen and oxygen atoms in total. The smallest absolute Gasteiger partial charge is 0.287 e. The van der Waals surface area contributed by atoms with Crippen molar-refractivity contribution < 1.29 is 13.9 Å². The molecule has 0 aliphatic carbocycles. The molecular formula is C15H17BrN2O3. The van der Waals surface area contributed by atoms with Gasteiger partial charge in [0.2, 0.25) is 0 Å². The number of nitrogens with one attached hydrogen (secondary N) is 1. The van der Waals surface area contributed by atoms with Crippen molar-refractivity contribution in [2.75, 3.05) is 39.4 Å². The highest BCUT2D eigenvalue weighted by atomic mass is 79.9. The van der Waals surface area contributed by atoms with E-state index in [-0.39, 0.29) is 5.91 Å². The van der Waals surface area contributed by atoms with Crippen molar-refractivity contribution in [3.63, 3.8) is 0 Å². The van der Waals surface area contributed by atoms with E-state index in [1.54, 1.807) is 6.07 Å². The van der Waals surface area contributed by atoms with Gasteiger partial charge < -0.3 is 14.5 Å². The highest BCUT2D eigenvalue weighted by molar-refractivity contribution is 9.10. The Balaban J connectivity index is 1.57. The molecule has 1 aliphatic heterocycles. The van der Waals surface area contributed by atoms with Crippen LogP contribution in [0.25, 0.3) is 11.0 Å². The molecule has 2 heterocycles. The molecule has 1 amide bonds. The average Bonchev–Trinajstić information content (AvgIpc) is 2.94. The second-order valence-corrected chi connectivity index (χ2v) is 5.83. The highest BCUT2D eigenvalue weighted by Crippen LogP contribution is 2.26. The summed E-state index contributed by atoms with van der Waals surface area (Å²) in [6.45, 7) is 4.83. The lowest BCUT2D eigenvalue weighted by molar-refractivity contribution is 0.0382. The van der Waals surface area contributed by atoms with Gasteiger partial charge in [-0.2, -0.15) is 0 Å². The van der Waals surface area contributed by atoms with Crippen LogP contribution in [0.5, 0.6) is 0 Å². The third-order valence-corrected chi connectivity index (χ3v) is 4.24. The Morgan fingerprint density at radius 1 is 1.33 bits per heavy atom. The zero-order valence-corrected chi connectivity index (χ0v) is 13.2. The van der Waals surface area contributed by atoms with Gasteiger partial charge in [0.05, 0.1) is 13.2 Å². The van der Waals surface area contributed by atoms with Crippen molar-refractivity contribution in [3.8, 4) is 0 Å². The minimum Gasteiger partial charge on any atom is -0.451 e. The van der Waals surface area contributed by atoms with Crippen molar-refractivity contribution in [3.05, 3.63) is 34.5 Å². The van der Waals surface area contributed by atoms with Crippen molar-refractivity contribution in [2.24, 2.45) is 0 Å². The zero-order valence-electron chi connectivity index (χ0n) is 11.6. The van der Waals surface area contributed by atoms with Crippen molar-refractivity contribution in [1.82, 2.24) is 10.2 Å². The Kier molecular flexibility index (Phi) is 4.57. The van der Waals surface area contributed by atoms with Crippen molar-refractivity contribution >= 4 is 32.8 Å². The molecule has 0 spiro atoms. The molecule has 1 N–H and O–H groups in total. The van der Waals surface area contributed by atoms with Crippen LogP contribution >= 0.6 is 15.9 Å². The second kappa shape index (κ2) is 6.60. The van der Waals surface area contributed by atoms with E-state index in [4.69, 9.17) is 9.15 Å². The molecule has 1 aliphatic rings. The number of carbonyl (C=O) groups is 1. The Morgan fingerprint density at radius 3 is 2.90 bits per heavy atom. The molecule has 6 heteroatoms. The van der Waals surface area contributed by atoms with Crippen LogP contribution in [-0.4, -0.2) is 50.2 Å². The monoisotopic (exact) mass is 352 g/mol. The number of rotatable bonds is 4. The molecule has 0 bridgehead atoms. The van der Waals surface area contributed by atoms with E-state index >= 15 is 0 Å². The molecule has 1 fully saturated rings. The lowest BCUT2D eigenvalue weighted by Crippen LogP contribution is -2.41. The van der Waals surface area contributed by atoms with E-state index in [0.717, 1.165) is 42.7 Å². The van der Waals surface area contributed by atoms with Gasteiger partial charge in [-0.25, -0.2) is 0 Å². The quantitative estimate of drug-likeness (QED) is 0.916. The molecule has 0 unspecified atom stereocenters. The summed E-state index contributed by atoms with van der Waals surface area (Å²) in [4.78, 5) is 14.4. The minimum absolute atomic E-state index is 0.175. The summed E-state index contributed by atoms with van der Waals surface area (Å²) in [5.74, 6) is 0.172. The summed E-state index contributed by atoms with van der Waals surface area (Å²) < 4.78 is 11.8. The maximum atomic E-state index is 12.1. The largest absolute Gasteiger partial charge is 0.451 e. The van der Waals surface area contributed by atoms with Crippen LogP contribution in [0.15, 0.2) is 33.2 Å². The molecule has 3 rings (SSSR count). The number of fused-ring (bicyclic) bond motifs is 1. The first-order chi connectivity index (χ1) is 10.2. The lowest BCUT2D eigenvalue weighted by atomic mass is 10.2. The number of halogens is 1. The summed E-state index contributed by atoms with van der Waals surface area (Å²) in [7, 11) is 0. The molecule has 1 aromatic heterocycles. The first-order valence-electron chi connectivity index (χ1n) is 7.00. The number of carbonyl (C=O) groups excluding carboxylic acids is 1. The third kappa shape index (κ3) is 3.45. The standard InChI is InChI=1S/C15H17BrN2O3/c16-12-2-1-3-13-11(12)10-14(21-13)15(19)17-4-5-18-6-8-20-9-7-18/h1-3,10H,4-9H2,(H,17,19). The predicted molar refractivity (Wildman–Crippen MR) is 83.5 cm³/mol. The zero-order chi connectivity index (χ0) is 14.7. The molecular weight excluding hydrogens is 336 g/mol. The van der Waals surface area contributed by atoms with Crippen LogP contribution in [0.2, 0.25) is 0 Å². The summed E-state index contributed by atoms with van der Waals surface area (Å²) in [5, 5.41) is 3.81. The van der Waals surface area contributed by atoms with Crippen LogP contribution in [0.4, 0.5) is 0 Å². The van der Waals surface area contributed by atoms with E-state index in [1.165, 1.54) is 0 Å². The molecule has 1 aromatic carbocycles. The molecule has 0 saturated carbocycles. The summed E-state index contributed by atoms with van der Waals surface area (Å²) >= 11 is 3.45. The van der Waals surface area contributed by atoms with Gasteiger partial charge in [-0.05, 0) is 18.2 Å². The van der Waals surface area contributed by atoms with Gasteiger partial charge >= 0.3 is 0 Å². The number of nitrogens with zero attached hydrogens (tertiary/aromatic N) is 1. The van der Waals surface area contributed by atoms with Gasteiger partial charge in [-0.3, -0.25) is 9.69 Å². The van der Waals surface area contributed by atoms with Crippen LogP contribution in [0, 0.1) is 0 Å². The highest BCUT2D eigenvalue weighted by Gasteiger charge is 2.14. The first-order valence-corrected chi connectivity index (χ1v) is 7.80. The fourth-order valence-corrected chi connectivity index (χ4v) is 2.84. The molecule has 2 aromatic rings. The van der Waals surface area contributed by atoms with Gasteiger partial charge in [0.25, 0.3) is 5.91 Å². The SMILES string of the molecule is O=C(NCCN1CCOCC1)c1cc2c(Br)cccc2o1. The number of ether oxygens (including phenoxy) is 1. The normalized spacial score (nSPS) is 16.2. The average molecular weight is 353 g/mol. The lowest BCUT2D eigenvalue weighted by Gasteiger charge is -2.26. The fourth-order valence-electron chi connectivity index (χ4n) is 2.38. The topological polar surface area (TPSA) is 54.7 Å². The second-order valence-electron chi connectivity index (χ2n) is 4.97. The number of amides is 1. The molecule has 1 saturated heterocycles. The van der Waals surface area contributed by atoms with Gasteiger partial charge in [0, 0.05) is 36.0 Å². The van der Waals surface area contributed by atoms with Gasteiger partial charge in [0.15, 0.2) is 5.76 Å². The summed E-state index contributed by atoms with van der Waals surface area (Å²) in [5.41, 5.74) is 0.711. The summed E-state index contributed by atoms with van der Waals surface area (Å²) in [6, 6.07) is 7.43. The molecule has 0 radical (unpaired) electrons. The van der Waals surface area contributed by atoms with Crippen LogP contribution in [0.3, 0.4) is 0 Å². The van der Waals surface area contributed by atoms with E-state index in [0.29, 0.717) is 17.9 Å². The number of hydrogen-bond acceptors (Lipinski definition) is 4. The van der Waals surface area contributed by atoms with Crippen LogP contribution in [0.1, 0.15) is 10.6 Å². The Hall–Kier alpha value is -1.37. The van der Waals surface area contributed by atoms with E-state index < -0.39 is 0 Å². The van der Waals surface area contributed by atoms with E-state index in [1.807, 2.05) is 18.2 Å². The molecule has 112 valence electrons. The minimum atomic E-state index is -0.175. The van der Waals surface area contributed by atoms with E-state index in [9.17, 15) is 4.79 Å². The maximum absolute atomic E-state index is 12.1. The van der Waals surface area contributed by atoms with Gasteiger partial charge in [-0.1, -0.05) is 22.0 Å². The predicted octanol–water partition coefficient (Wildman–Crippen LogP) is 2.26. The maximum Gasteiger partial charge on any atom is 0.287 e. The van der Waals surface area contributed by atoms with Crippen molar-refractivity contribution in [2.45, 2.75) is 0 Å².